The first kappa shape index (κ1) is 13.1. The van der Waals surface area contributed by atoms with E-state index >= 15 is 0 Å². The van der Waals surface area contributed by atoms with E-state index in [-0.39, 0.29) is 11.9 Å². The predicted octanol–water partition coefficient (Wildman–Crippen LogP) is 0.348. The van der Waals surface area contributed by atoms with E-state index in [0.29, 0.717) is 18.9 Å². The summed E-state index contributed by atoms with van der Waals surface area (Å²) >= 11 is 0. The highest BCUT2D eigenvalue weighted by atomic mass is 16.2. The molecule has 7 nitrogen and oxygen atoms in total. The lowest BCUT2D eigenvalue weighted by molar-refractivity contribution is -0.124. The molecule has 1 unspecified atom stereocenters. The van der Waals surface area contributed by atoms with Gasteiger partial charge in [0.2, 0.25) is 5.91 Å². The van der Waals surface area contributed by atoms with Crippen LogP contribution >= 0.6 is 0 Å². The van der Waals surface area contributed by atoms with Crippen LogP contribution in [0.2, 0.25) is 0 Å². The van der Waals surface area contributed by atoms with Crippen LogP contribution in [0.3, 0.4) is 0 Å². The number of amides is 1. The number of nitrogens with one attached hydrogen (secondary N) is 1. The number of anilines is 1. The van der Waals surface area contributed by atoms with Crippen LogP contribution in [-0.2, 0) is 11.3 Å². The molecule has 0 radical (unpaired) electrons. The molecule has 3 N–H and O–H groups in total. The number of hydrogen-bond donors (Lipinski definition) is 2. The SMILES string of the molecule is Cc1cnn(CCNC(=O)C(C)n2ccc(N)n2)c1. The van der Waals surface area contributed by atoms with E-state index in [1.807, 2.05) is 13.1 Å². The molecule has 7 heteroatoms. The topological polar surface area (TPSA) is 90.8 Å². The largest absolute Gasteiger partial charge is 0.382 e. The number of nitrogens with zero attached hydrogens (tertiary/aromatic N) is 4. The Kier molecular flexibility index (Phi) is 3.84. The van der Waals surface area contributed by atoms with Crippen LogP contribution in [0.5, 0.6) is 0 Å². The molecule has 0 aliphatic carbocycles. The first-order chi connectivity index (χ1) is 9.06. The van der Waals surface area contributed by atoms with Gasteiger partial charge < -0.3 is 11.1 Å². The molecular formula is C12H18N6O. The number of carbonyl (C=O) groups is 1. The highest BCUT2D eigenvalue weighted by Crippen LogP contribution is 2.06. The van der Waals surface area contributed by atoms with E-state index in [1.54, 1.807) is 34.7 Å². The normalized spacial score (nSPS) is 12.3. The van der Waals surface area contributed by atoms with Gasteiger partial charge in [-0.1, -0.05) is 0 Å². The molecule has 0 saturated heterocycles. The lowest BCUT2D eigenvalue weighted by Gasteiger charge is -2.12. The van der Waals surface area contributed by atoms with Crippen LogP contribution in [0.25, 0.3) is 0 Å². The molecule has 2 heterocycles. The Morgan fingerprint density at radius 2 is 2.37 bits per heavy atom. The summed E-state index contributed by atoms with van der Waals surface area (Å²) < 4.78 is 3.34. The number of aryl methyl sites for hydroxylation is 1. The predicted molar refractivity (Wildman–Crippen MR) is 71.3 cm³/mol. The molecule has 0 fully saturated rings. The summed E-state index contributed by atoms with van der Waals surface area (Å²) in [5.41, 5.74) is 6.62. The van der Waals surface area contributed by atoms with Gasteiger partial charge in [0.25, 0.3) is 0 Å². The fraction of sp³-hybridized carbons (Fsp3) is 0.417. The molecule has 2 aromatic rings. The Morgan fingerprint density at radius 3 is 2.95 bits per heavy atom. The summed E-state index contributed by atoms with van der Waals surface area (Å²) in [7, 11) is 0. The zero-order chi connectivity index (χ0) is 13.8. The van der Waals surface area contributed by atoms with Gasteiger partial charge in [-0.2, -0.15) is 10.2 Å². The Morgan fingerprint density at radius 1 is 1.58 bits per heavy atom. The quantitative estimate of drug-likeness (QED) is 0.813. The highest BCUT2D eigenvalue weighted by Gasteiger charge is 2.14. The van der Waals surface area contributed by atoms with Crippen molar-refractivity contribution in [2.24, 2.45) is 0 Å². The summed E-state index contributed by atoms with van der Waals surface area (Å²) in [6, 6.07) is 1.28. The smallest absolute Gasteiger partial charge is 0.244 e. The van der Waals surface area contributed by atoms with E-state index in [2.05, 4.69) is 15.5 Å². The maximum absolute atomic E-state index is 11.9. The number of nitrogen functional groups attached to an aromatic ring is 1. The second-order valence-electron chi connectivity index (χ2n) is 4.47. The van der Waals surface area contributed by atoms with E-state index in [1.165, 1.54) is 0 Å². The molecule has 0 aliphatic heterocycles. The molecule has 0 aliphatic rings. The van der Waals surface area contributed by atoms with Gasteiger partial charge in [-0.05, 0) is 25.5 Å². The van der Waals surface area contributed by atoms with Crippen molar-refractivity contribution in [2.45, 2.75) is 26.4 Å². The van der Waals surface area contributed by atoms with Crippen molar-refractivity contribution in [1.29, 1.82) is 0 Å². The highest BCUT2D eigenvalue weighted by molar-refractivity contribution is 5.79. The first-order valence-electron chi connectivity index (χ1n) is 6.13. The molecule has 0 saturated carbocycles. The maximum Gasteiger partial charge on any atom is 0.244 e. The van der Waals surface area contributed by atoms with Crippen LogP contribution in [0.15, 0.2) is 24.7 Å². The average Bonchev–Trinajstić information content (AvgIpc) is 2.97. The summed E-state index contributed by atoms with van der Waals surface area (Å²) in [6.45, 7) is 4.93. The van der Waals surface area contributed by atoms with Gasteiger partial charge in [-0.3, -0.25) is 14.2 Å². The molecule has 19 heavy (non-hydrogen) atoms. The summed E-state index contributed by atoms with van der Waals surface area (Å²) in [5, 5.41) is 11.0. The van der Waals surface area contributed by atoms with Gasteiger partial charge >= 0.3 is 0 Å². The number of aromatic nitrogens is 4. The molecule has 2 aromatic heterocycles. The van der Waals surface area contributed by atoms with Gasteiger partial charge in [0.05, 0.1) is 12.7 Å². The zero-order valence-electron chi connectivity index (χ0n) is 11.1. The maximum atomic E-state index is 11.9. The van der Waals surface area contributed by atoms with E-state index in [9.17, 15) is 4.79 Å². The van der Waals surface area contributed by atoms with Crippen LogP contribution < -0.4 is 11.1 Å². The van der Waals surface area contributed by atoms with Crippen molar-refractivity contribution < 1.29 is 4.79 Å². The minimum absolute atomic E-state index is 0.0908. The third-order valence-electron chi connectivity index (χ3n) is 2.81. The Bertz CT molecular complexity index is 558. The lowest BCUT2D eigenvalue weighted by atomic mass is 10.3. The monoisotopic (exact) mass is 262 g/mol. The average molecular weight is 262 g/mol. The number of carbonyl (C=O) groups excluding carboxylic acids is 1. The molecule has 1 atom stereocenters. The Hall–Kier alpha value is -2.31. The van der Waals surface area contributed by atoms with Crippen molar-refractivity contribution in [3.63, 3.8) is 0 Å². The standard InChI is InChI=1S/C12H18N6O/c1-9-7-15-17(8-9)6-4-14-12(19)10(2)18-5-3-11(13)16-18/h3,5,7-8,10H,4,6H2,1-2H3,(H2,13,16)(H,14,19). The minimum Gasteiger partial charge on any atom is -0.382 e. The fourth-order valence-corrected chi connectivity index (χ4v) is 1.72. The second kappa shape index (κ2) is 5.55. The molecule has 0 bridgehead atoms. The molecule has 102 valence electrons. The van der Waals surface area contributed by atoms with Crippen molar-refractivity contribution >= 4 is 11.7 Å². The van der Waals surface area contributed by atoms with Crippen LogP contribution in [-0.4, -0.2) is 32.0 Å². The van der Waals surface area contributed by atoms with Gasteiger partial charge in [-0.15, -0.1) is 0 Å². The summed E-state index contributed by atoms with van der Waals surface area (Å²) in [6.07, 6.45) is 5.41. The lowest BCUT2D eigenvalue weighted by Crippen LogP contribution is -2.33. The van der Waals surface area contributed by atoms with E-state index in [0.717, 1.165) is 5.56 Å². The molecular weight excluding hydrogens is 244 g/mol. The molecule has 0 spiro atoms. The minimum atomic E-state index is -0.378. The van der Waals surface area contributed by atoms with Crippen LogP contribution in [0, 0.1) is 6.92 Å². The third-order valence-corrected chi connectivity index (χ3v) is 2.81. The van der Waals surface area contributed by atoms with Gasteiger partial charge in [0.1, 0.15) is 11.9 Å². The molecule has 1 amide bonds. The van der Waals surface area contributed by atoms with Crippen molar-refractivity contribution in [3.05, 3.63) is 30.2 Å². The Balaban J connectivity index is 1.81. The first-order valence-corrected chi connectivity index (χ1v) is 6.13. The fourth-order valence-electron chi connectivity index (χ4n) is 1.72. The third kappa shape index (κ3) is 3.34. The number of hydrogen-bond acceptors (Lipinski definition) is 4. The number of rotatable bonds is 5. The van der Waals surface area contributed by atoms with Crippen molar-refractivity contribution in [2.75, 3.05) is 12.3 Å². The molecule has 0 aromatic carbocycles. The number of nitrogens with two attached hydrogens (primary N) is 1. The van der Waals surface area contributed by atoms with Gasteiger partial charge in [0.15, 0.2) is 0 Å². The second-order valence-corrected chi connectivity index (χ2v) is 4.47. The summed E-state index contributed by atoms with van der Waals surface area (Å²) in [4.78, 5) is 11.9. The zero-order valence-corrected chi connectivity index (χ0v) is 11.1. The van der Waals surface area contributed by atoms with Crippen LogP contribution in [0.1, 0.15) is 18.5 Å². The van der Waals surface area contributed by atoms with Crippen LogP contribution in [0.4, 0.5) is 5.82 Å². The van der Waals surface area contributed by atoms with Crippen molar-refractivity contribution in [3.8, 4) is 0 Å². The van der Waals surface area contributed by atoms with Gasteiger partial charge in [-0.25, -0.2) is 0 Å². The Labute approximate surface area is 111 Å². The van der Waals surface area contributed by atoms with E-state index in [4.69, 9.17) is 5.73 Å². The summed E-state index contributed by atoms with van der Waals surface area (Å²) in [5.74, 6) is 0.318. The van der Waals surface area contributed by atoms with Gasteiger partial charge in [0, 0.05) is 18.9 Å². The van der Waals surface area contributed by atoms with E-state index < -0.39 is 0 Å². The molecule has 2 rings (SSSR count). The van der Waals surface area contributed by atoms with Crippen molar-refractivity contribution in [1.82, 2.24) is 24.9 Å².